The van der Waals surface area contributed by atoms with Gasteiger partial charge in [0.25, 0.3) is 0 Å². The molecule has 0 aromatic rings. The molecule has 0 spiro atoms. The van der Waals surface area contributed by atoms with Crippen LogP contribution in [0, 0.1) is 22.7 Å². The minimum absolute atomic E-state index is 1.20. The first-order valence-corrected chi connectivity index (χ1v) is 11.6. The van der Waals surface area contributed by atoms with Crippen molar-refractivity contribution in [2.75, 3.05) is 0 Å². The van der Waals surface area contributed by atoms with Crippen LogP contribution in [0.2, 0.25) is 39.3 Å². The molecule has 3 heteroatoms. The molecule has 0 bridgehead atoms. The number of hydrogen-bond acceptors (Lipinski definition) is 0. The quantitative estimate of drug-likeness (QED) is 0.420. The average molecular weight is 205 g/mol. The van der Waals surface area contributed by atoms with Crippen molar-refractivity contribution in [1.82, 2.24) is 0 Å². The van der Waals surface area contributed by atoms with Crippen LogP contribution in [0.3, 0.4) is 0 Å². The highest BCUT2D eigenvalue weighted by Gasteiger charge is 2.07. The molecular weight excluding hydrogens is 187 g/mol. The highest BCUT2D eigenvalue weighted by atomic mass is 28.3. The highest BCUT2D eigenvalue weighted by Crippen LogP contribution is 1.96. The lowest BCUT2D eigenvalue weighted by atomic mass is 9.83. The first kappa shape index (κ1) is 12.6. The molecule has 0 saturated carbocycles. The van der Waals surface area contributed by atoms with Gasteiger partial charge in [0.1, 0.15) is 16.1 Å². The Morgan fingerprint density at radius 1 is 0.692 bits per heavy atom. The van der Waals surface area contributed by atoms with Crippen LogP contribution in [-0.4, -0.2) is 23.4 Å². The van der Waals surface area contributed by atoms with Gasteiger partial charge in [-0.2, -0.15) is 11.6 Å². The van der Waals surface area contributed by atoms with Gasteiger partial charge in [0.15, 0.2) is 0 Å². The van der Waals surface area contributed by atoms with Crippen molar-refractivity contribution in [3.63, 3.8) is 0 Å². The summed E-state index contributed by atoms with van der Waals surface area (Å²) in [5, 5.41) is 0. The van der Waals surface area contributed by atoms with E-state index in [9.17, 15) is 0 Å². The summed E-state index contributed by atoms with van der Waals surface area (Å²) in [6.45, 7) is 13.4. The number of hydrogen-bond donors (Lipinski definition) is 0. The minimum Gasteiger partial charge on any atom is -0.151 e. The maximum atomic E-state index is 3.25. The van der Waals surface area contributed by atoms with E-state index in [2.05, 4.69) is 62.0 Å². The summed E-state index contributed by atoms with van der Waals surface area (Å²) in [5.74, 6) is 6.07. The van der Waals surface area contributed by atoms with Gasteiger partial charge in [0, 0.05) is 0 Å². The lowest BCUT2D eigenvalue weighted by Gasteiger charge is -2.03. The van der Waals surface area contributed by atoms with Crippen LogP contribution in [0.1, 0.15) is 0 Å². The van der Waals surface area contributed by atoms with Gasteiger partial charge < -0.3 is 0 Å². The van der Waals surface area contributed by atoms with Gasteiger partial charge >= 0.3 is 7.28 Å². The Morgan fingerprint density at radius 3 is 1.23 bits per heavy atom. The fourth-order valence-electron chi connectivity index (χ4n) is 0.541. The summed E-state index contributed by atoms with van der Waals surface area (Å²) in [6.07, 6.45) is 0. The van der Waals surface area contributed by atoms with Crippen molar-refractivity contribution in [1.29, 1.82) is 0 Å². The van der Waals surface area contributed by atoms with E-state index in [1.165, 1.54) is 0 Å². The standard InChI is InChI=1S/C10H18BSi2/c1-12(2,3)9-7-11-8-10-13(4,5)6/h1-6H3. The molecular formula is C10H18BSi2. The summed E-state index contributed by atoms with van der Waals surface area (Å²) in [4.78, 5) is 0. The van der Waals surface area contributed by atoms with Crippen molar-refractivity contribution in [3.8, 4) is 22.7 Å². The Kier molecular flexibility index (Phi) is 4.60. The van der Waals surface area contributed by atoms with Crippen molar-refractivity contribution >= 4 is 23.4 Å². The van der Waals surface area contributed by atoms with Crippen LogP contribution in [0.4, 0.5) is 0 Å². The smallest absolute Gasteiger partial charge is 0.151 e. The normalized spacial score (nSPS) is 10.6. The molecule has 13 heavy (non-hydrogen) atoms. The fourth-order valence-corrected chi connectivity index (χ4v) is 1.55. The second kappa shape index (κ2) is 4.74. The third kappa shape index (κ3) is 11.6. The zero-order valence-electron chi connectivity index (χ0n) is 9.58. The monoisotopic (exact) mass is 205 g/mol. The van der Waals surface area contributed by atoms with Crippen LogP contribution in [-0.2, 0) is 0 Å². The van der Waals surface area contributed by atoms with Gasteiger partial charge in [0.2, 0.25) is 0 Å². The first-order chi connectivity index (χ1) is 5.71. The van der Waals surface area contributed by atoms with Crippen molar-refractivity contribution < 1.29 is 0 Å². The second-order valence-electron chi connectivity index (χ2n) is 5.18. The molecule has 0 atom stereocenters. The van der Waals surface area contributed by atoms with Gasteiger partial charge in [-0.25, -0.2) is 0 Å². The fraction of sp³-hybridized carbons (Fsp3) is 0.600. The van der Waals surface area contributed by atoms with E-state index in [1.54, 1.807) is 7.28 Å². The van der Waals surface area contributed by atoms with Crippen LogP contribution >= 0.6 is 0 Å². The molecule has 0 aromatic carbocycles. The van der Waals surface area contributed by atoms with Crippen LogP contribution in [0.25, 0.3) is 0 Å². The molecule has 0 aromatic heterocycles. The topological polar surface area (TPSA) is 0 Å². The summed E-state index contributed by atoms with van der Waals surface area (Å²) in [5.41, 5.74) is 6.51. The largest absolute Gasteiger partial charge is 0.312 e. The SMILES string of the molecule is C[Si](C)(C)C#C[B]C#C[Si](C)(C)C. The average Bonchev–Trinajstić information content (AvgIpc) is 1.81. The number of rotatable bonds is 0. The van der Waals surface area contributed by atoms with Crippen LogP contribution in [0.15, 0.2) is 0 Å². The Morgan fingerprint density at radius 2 is 1.00 bits per heavy atom. The lowest BCUT2D eigenvalue weighted by Crippen LogP contribution is -2.17. The van der Waals surface area contributed by atoms with E-state index in [-0.39, 0.29) is 0 Å². The van der Waals surface area contributed by atoms with E-state index in [1.807, 2.05) is 0 Å². The summed E-state index contributed by atoms with van der Waals surface area (Å²) >= 11 is 0. The zero-order valence-corrected chi connectivity index (χ0v) is 11.6. The van der Waals surface area contributed by atoms with Gasteiger partial charge in [-0.3, -0.25) is 0 Å². The van der Waals surface area contributed by atoms with E-state index >= 15 is 0 Å². The molecule has 0 fully saturated rings. The lowest BCUT2D eigenvalue weighted by molar-refractivity contribution is 1.82. The summed E-state index contributed by atoms with van der Waals surface area (Å²) in [7, 11) is -0.602. The summed E-state index contributed by atoms with van der Waals surface area (Å²) in [6, 6.07) is 0. The molecule has 0 N–H and O–H groups in total. The van der Waals surface area contributed by atoms with Gasteiger partial charge in [-0.05, 0) is 0 Å². The van der Waals surface area contributed by atoms with E-state index in [0.29, 0.717) is 0 Å². The molecule has 0 aliphatic carbocycles. The van der Waals surface area contributed by atoms with E-state index < -0.39 is 16.1 Å². The van der Waals surface area contributed by atoms with Crippen molar-refractivity contribution in [3.05, 3.63) is 0 Å². The molecule has 0 nitrogen and oxygen atoms in total. The van der Waals surface area contributed by atoms with Gasteiger partial charge in [-0.1, -0.05) is 39.3 Å². The predicted octanol–water partition coefficient (Wildman–Crippen LogP) is 2.37. The van der Waals surface area contributed by atoms with Crippen molar-refractivity contribution in [2.24, 2.45) is 0 Å². The third-order valence-corrected chi connectivity index (χ3v) is 2.83. The minimum atomic E-state index is -1.20. The molecule has 0 unspecified atom stereocenters. The third-order valence-electron chi connectivity index (χ3n) is 1.04. The molecule has 0 rings (SSSR count). The predicted molar refractivity (Wildman–Crippen MR) is 68.0 cm³/mol. The molecule has 1 radical (unpaired) electrons. The Labute approximate surface area is 85.8 Å². The van der Waals surface area contributed by atoms with Crippen molar-refractivity contribution in [2.45, 2.75) is 39.3 Å². The Bertz CT molecular complexity index is 242. The Hall–Kier alpha value is -0.381. The zero-order chi connectivity index (χ0) is 10.5. The maximum absolute atomic E-state index is 3.25. The molecule has 0 heterocycles. The molecule has 0 aliphatic rings. The maximum Gasteiger partial charge on any atom is 0.312 e. The van der Waals surface area contributed by atoms with E-state index in [4.69, 9.17) is 0 Å². The van der Waals surface area contributed by atoms with E-state index in [0.717, 1.165) is 0 Å². The first-order valence-electron chi connectivity index (χ1n) is 4.58. The van der Waals surface area contributed by atoms with Gasteiger partial charge in [-0.15, -0.1) is 11.1 Å². The second-order valence-corrected chi connectivity index (χ2v) is 14.7. The highest BCUT2D eigenvalue weighted by molar-refractivity contribution is 6.86. The van der Waals surface area contributed by atoms with Crippen LogP contribution in [0.5, 0.6) is 0 Å². The van der Waals surface area contributed by atoms with Gasteiger partial charge in [0.05, 0.1) is 0 Å². The Balaban J connectivity index is 4.03. The molecule has 69 valence electrons. The summed E-state index contributed by atoms with van der Waals surface area (Å²) < 4.78 is 0. The molecule has 0 saturated heterocycles. The molecule has 0 amide bonds. The van der Waals surface area contributed by atoms with Crippen LogP contribution < -0.4 is 0 Å². The molecule has 0 aliphatic heterocycles.